The molecule has 0 fully saturated rings. The molecule has 54 valence electrons. The van der Waals surface area contributed by atoms with Crippen molar-refractivity contribution in [3.8, 4) is 0 Å². The van der Waals surface area contributed by atoms with Gasteiger partial charge in [-0.1, -0.05) is 5.16 Å². The zero-order chi connectivity index (χ0) is 7.56. The van der Waals surface area contributed by atoms with Crippen molar-refractivity contribution in [2.24, 2.45) is 5.16 Å². The Hall–Kier alpha value is -1.11. The van der Waals surface area contributed by atoms with Crippen molar-refractivity contribution in [2.45, 2.75) is 0 Å². The van der Waals surface area contributed by atoms with E-state index in [-0.39, 0.29) is 16.1 Å². The molecule has 0 atom stereocenters. The number of oxime groups is 1. The van der Waals surface area contributed by atoms with Gasteiger partial charge < -0.3 is 10.9 Å². The van der Waals surface area contributed by atoms with Crippen LogP contribution >= 0.6 is 15.9 Å². The molecule has 6 nitrogen and oxygen atoms in total. The first-order valence-corrected chi connectivity index (χ1v) is 3.01. The van der Waals surface area contributed by atoms with Crippen LogP contribution < -0.4 is 5.73 Å². The lowest BCUT2D eigenvalue weighted by atomic mass is 10.5. The lowest BCUT2D eigenvalue weighted by molar-refractivity contribution is 0.306. The van der Waals surface area contributed by atoms with Crippen molar-refractivity contribution in [1.82, 2.24) is 10.3 Å². The summed E-state index contributed by atoms with van der Waals surface area (Å²) in [5, 5.41) is 17.6. The molecule has 0 unspecified atom stereocenters. The Labute approximate surface area is 63.8 Å². The summed E-state index contributed by atoms with van der Waals surface area (Å²) in [6, 6.07) is 0. The number of nitrogens with zero attached hydrogens (tertiary/aromatic N) is 3. The molecule has 0 radical (unpaired) electrons. The second-order valence-electron chi connectivity index (χ2n) is 1.39. The quantitative estimate of drug-likeness (QED) is 0.389. The second kappa shape index (κ2) is 2.65. The zero-order valence-electron chi connectivity index (χ0n) is 4.65. The highest BCUT2D eigenvalue weighted by Crippen LogP contribution is 2.09. The van der Waals surface area contributed by atoms with Crippen molar-refractivity contribution < 1.29 is 9.84 Å². The summed E-state index contributed by atoms with van der Waals surface area (Å²) < 4.78 is 4.31. The van der Waals surface area contributed by atoms with Crippen LogP contribution in [0.15, 0.2) is 9.78 Å². The van der Waals surface area contributed by atoms with E-state index in [1.807, 2.05) is 0 Å². The van der Waals surface area contributed by atoms with E-state index in [2.05, 4.69) is 36.0 Å². The van der Waals surface area contributed by atoms with Crippen molar-refractivity contribution in [3.63, 3.8) is 0 Å². The summed E-state index contributed by atoms with van der Waals surface area (Å²) in [4.78, 5) is 0. The first-order valence-electron chi connectivity index (χ1n) is 2.21. The maximum Gasteiger partial charge on any atom is 0.198 e. The summed E-state index contributed by atoms with van der Waals surface area (Å²) >= 11 is 2.87. The maximum atomic E-state index is 8.21. The van der Waals surface area contributed by atoms with Gasteiger partial charge in [-0.3, -0.25) is 0 Å². The number of aromatic nitrogens is 2. The van der Waals surface area contributed by atoms with Crippen LogP contribution in [0, 0.1) is 0 Å². The Morgan fingerprint density at radius 2 is 2.40 bits per heavy atom. The molecule has 0 amide bonds. The van der Waals surface area contributed by atoms with Gasteiger partial charge in [-0.25, -0.2) is 4.63 Å². The predicted octanol–water partition coefficient (Wildman–Crippen LogP) is 0.182. The van der Waals surface area contributed by atoms with E-state index in [1.54, 1.807) is 0 Å². The molecule has 0 spiro atoms. The highest BCUT2D eigenvalue weighted by molar-refractivity contribution is 9.18. The second-order valence-corrected chi connectivity index (χ2v) is 2.14. The number of halogens is 1. The minimum Gasteiger partial charge on any atom is -0.410 e. The number of hydrogen-bond acceptors (Lipinski definition) is 6. The Kier molecular flexibility index (Phi) is 1.86. The molecule has 1 aromatic heterocycles. The van der Waals surface area contributed by atoms with Crippen LogP contribution in [0.2, 0.25) is 0 Å². The van der Waals surface area contributed by atoms with E-state index in [0.29, 0.717) is 0 Å². The Balaban J connectivity index is 3.05. The van der Waals surface area contributed by atoms with Crippen LogP contribution in [0.5, 0.6) is 0 Å². The minimum atomic E-state index is 0.0738. The van der Waals surface area contributed by atoms with Crippen LogP contribution in [-0.2, 0) is 0 Å². The molecule has 7 heteroatoms. The van der Waals surface area contributed by atoms with Crippen molar-refractivity contribution in [1.29, 1.82) is 0 Å². The molecule has 0 aliphatic carbocycles. The first kappa shape index (κ1) is 7.00. The zero-order valence-corrected chi connectivity index (χ0v) is 6.24. The lowest BCUT2D eigenvalue weighted by Crippen LogP contribution is -1.96. The molecular formula is C3H3BrN4O2. The van der Waals surface area contributed by atoms with E-state index >= 15 is 0 Å². The highest BCUT2D eigenvalue weighted by atomic mass is 79.9. The number of nitrogens with two attached hydrogens (primary N) is 1. The van der Waals surface area contributed by atoms with Crippen molar-refractivity contribution >= 4 is 26.4 Å². The SMILES string of the molecule is Nc1nonc1C(Br)=NO. The van der Waals surface area contributed by atoms with Crippen LogP contribution in [0.1, 0.15) is 5.69 Å². The molecule has 0 saturated heterocycles. The third-order valence-electron chi connectivity index (χ3n) is 0.797. The van der Waals surface area contributed by atoms with Gasteiger partial charge >= 0.3 is 0 Å². The van der Waals surface area contributed by atoms with Gasteiger partial charge in [0.1, 0.15) is 0 Å². The number of nitrogen functional groups attached to an aromatic ring is 1. The molecule has 0 aromatic carbocycles. The molecule has 3 N–H and O–H groups in total. The number of anilines is 1. The lowest BCUT2D eigenvalue weighted by Gasteiger charge is -1.85. The van der Waals surface area contributed by atoms with Crippen LogP contribution in [0.4, 0.5) is 5.82 Å². The summed E-state index contributed by atoms with van der Waals surface area (Å²) in [6.45, 7) is 0. The van der Waals surface area contributed by atoms with Gasteiger partial charge in [0.15, 0.2) is 16.1 Å². The molecule has 0 saturated carbocycles. The normalized spacial score (nSPS) is 11.9. The van der Waals surface area contributed by atoms with E-state index in [1.165, 1.54) is 0 Å². The molecular weight excluding hydrogens is 204 g/mol. The smallest absolute Gasteiger partial charge is 0.198 e. The highest BCUT2D eigenvalue weighted by Gasteiger charge is 2.10. The first-order chi connectivity index (χ1) is 4.75. The Morgan fingerprint density at radius 1 is 1.70 bits per heavy atom. The average Bonchev–Trinajstić information content (AvgIpc) is 2.34. The molecule has 1 rings (SSSR count). The number of rotatable bonds is 1. The maximum absolute atomic E-state index is 8.21. The van der Waals surface area contributed by atoms with Gasteiger partial charge in [0.2, 0.25) is 0 Å². The molecule has 0 aliphatic heterocycles. The minimum absolute atomic E-state index is 0.0738. The third kappa shape index (κ3) is 1.08. The van der Waals surface area contributed by atoms with E-state index in [9.17, 15) is 0 Å². The summed E-state index contributed by atoms with van der Waals surface area (Å²) in [5.41, 5.74) is 5.41. The predicted molar refractivity (Wildman–Crippen MR) is 36.0 cm³/mol. The van der Waals surface area contributed by atoms with E-state index in [4.69, 9.17) is 10.9 Å². The molecule has 0 aliphatic rings. The van der Waals surface area contributed by atoms with Gasteiger partial charge in [-0.2, -0.15) is 0 Å². The van der Waals surface area contributed by atoms with Gasteiger partial charge in [0, 0.05) is 0 Å². The van der Waals surface area contributed by atoms with Crippen molar-refractivity contribution in [2.75, 3.05) is 5.73 Å². The number of hydrogen-bond donors (Lipinski definition) is 2. The van der Waals surface area contributed by atoms with Crippen LogP contribution in [0.25, 0.3) is 0 Å². The topological polar surface area (TPSA) is 97.5 Å². The molecule has 1 aromatic rings. The van der Waals surface area contributed by atoms with Crippen LogP contribution in [0.3, 0.4) is 0 Å². The van der Waals surface area contributed by atoms with E-state index < -0.39 is 0 Å². The Bertz CT molecular complexity index is 257. The average molecular weight is 207 g/mol. The van der Waals surface area contributed by atoms with Gasteiger partial charge in [0.25, 0.3) is 0 Å². The van der Waals surface area contributed by atoms with Crippen molar-refractivity contribution in [3.05, 3.63) is 5.69 Å². The molecule has 1 heterocycles. The third-order valence-corrected chi connectivity index (χ3v) is 1.33. The fourth-order valence-electron chi connectivity index (χ4n) is 0.386. The summed E-state index contributed by atoms with van der Waals surface area (Å²) in [5.74, 6) is 0.0738. The summed E-state index contributed by atoms with van der Waals surface area (Å²) in [6.07, 6.45) is 0. The largest absolute Gasteiger partial charge is 0.410 e. The Morgan fingerprint density at radius 3 is 2.80 bits per heavy atom. The standard InChI is InChI=1S/C3H3BrN4O2/c4-2(6-9)1-3(5)8-10-7-1/h9H,(H2,5,8). The van der Waals surface area contributed by atoms with E-state index in [0.717, 1.165) is 0 Å². The summed E-state index contributed by atoms with van der Waals surface area (Å²) in [7, 11) is 0. The van der Waals surface area contributed by atoms with Gasteiger partial charge in [-0.05, 0) is 26.2 Å². The molecule has 10 heavy (non-hydrogen) atoms. The molecule has 0 bridgehead atoms. The van der Waals surface area contributed by atoms with Gasteiger partial charge in [-0.15, -0.1) is 0 Å². The van der Waals surface area contributed by atoms with Gasteiger partial charge in [0.05, 0.1) is 0 Å². The monoisotopic (exact) mass is 206 g/mol. The fourth-order valence-corrected chi connectivity index (χ4v) is 0.661. The fraction of sp³-hybridized carbons (Fsp3) is 0. The van der Waals surface area contributed by atoms with Crippen LogP contribution in [-0.4, -0.2) is 20.1 Å².